The molecule has 0 unspecified atom stereocenters. The molecule has 0 bridgehead atoms. The summed E-state index contributed by atoms with van der Waals surface area (Å²) in [6.45, 7) is 5.49. The zero-order chi connectivity index (χ0) is 16.7. The Balaban J connectivity index is 1.57. The lowest BCUT2D eigenvalue weighted by atomic mass is 10.1. The fraction of sp³-hybridized carbons (Fsp3) is 0.412. The average Bonchev–Trinajstić information content (AvgIpc) is 3.17. The zero-order valence-electron chi connectivity index (χ0n) is 13.9. The first-order valence-corrected chi connectivity index (χ1v) is 8.23. The van der Waals surface area contributed by atoms with Crippen LogP contribution < -0.4 is 0 Å². The molecule has 1 amide bonds. The molecule has 1 fully saturated rings. The van der Waals surface area contributed by atoms with Crippen molar-refractivity contribution in [1.29, 1.82) is 0 Å². The molecule has 24 heavy (non-hydrogen) atoms. The Hall–Kier alpha value is -2.70. The molecule has 4 heterocycles. The first kappa shape index (κ1) is 14.9. The van der Waals surface area contributed by atoms with Crippen LogP contribution in [0.3, 0.4) is 0 Å². The molecule has 0 N–H and O–H groups in total. The van der Waals surface area contributed by atoms with Gasteiger partial charge in [0.1, 0.15) is 5.69 Å². The minimum absolute atomic E-state index is 0.0354. The number of rotatable bonds is 2. The fourth-order valence-corrected chi connectivity index (χ4v) is 3.45. The van der Waals surface area contributed by atoms with E-state index in [1.165, 1.54) is 0 Å². The SMILES string of the molecule is Cc1cc(C)n([C@H]2CCCN(C(=O)c3cn4cccnc4n3)C2)n1. The molecule has 0 radical (unpaired) electrons. The average molecular weight is 324 g/mol. The summed E-state index contributed by atoms with van der Waals surface area (Å²) in [6, 6.07) is 4.13. The van der Waals surface area contributed by atoms with Gasteiger partial charge in [-0.05, 0) is 38.8 Å². The van der Waals surface area contributed by atoms with Gasteiger partial charge in [0.25, 0.3) is 5.91 Å². The Bertz CT molecular complexity index is 863. The van der Waals surface area contributed by atoms with Crippen molar-refractivity contribution in [3.8, 4) is 0 Å². The van der Waals surface area contributed by atoms with Gasteiger partial charge in [-0.15, -0.1) is 0 Å². The topological polar surface area (TPSA) is 68.3 Å². The lowest BCUT2D eigenvalue weighted by Crippen LogP contribution is -2.41. The summed E-state index contributed by atoms with van der Waals surface area (Å²) in [7, 11) is 0. The van der Waals surface area contributed by atoms with Crippen LogP contribution in [-0.4, -0.2) is 48.0 Å². The number of fused-ring (bicyclic) bond motifs is 1. The number of carbonyl (C=O) groups excluding carboxylic acids is 1. The number of nitrogens with zero attached hydrogens (tertiary/aromatic N) is 6. The highest BCUT2D eigenvalue weighted by Gasteiger charge is 2.28. The van der Waals surface area contributed by atoms with Crippen molar-refractivity contribution >= 4 is 11.7 Å². The summed E-state index contributed by atoms with van der Waals surface area (Å²) in [5, 5.41) is 4.58. The normalized spacial score (nSPS) is 18.2. The van der Waals surface area contributed by atoms with E-state index < -0.39 is 0 Å². The Morgan fingerprint density at radius 2 is 2.21 bits per heavy atom. The molecule has 3 aromatic rings. The molecule has 0 aromatic carbocycles. The second-order valence-corrected chi connectivity index (χ2v) is 6.37. The number of hydrogen-bond acceptors (Lipinski definition) is 4. The minimum atomic E-state index is -0.0354. The minimum Gasteiger partial charge on any atom is -0.335 e. The van der Waals surface area contributed by atoms with Gasteiger partial charge in [-0.3, -0.25) is 13.9 Å². The highest BCUT2D eigenvalue weighted by molar-refractivity contribution is 5.92. The van der Waals surface area contributed by atoms with Crippen molar-refractivity contribution in [2.45, 2.75) is 32.7 Å². The van der Waals surface area contributed by atoms with Gasteiger partial charge in [0.15, 0.2) is 0 Å². The summed E-state index contributed by atoms with van der Waals surface area (Å²) in [4.78, 5) is 23.2. The van der Waals surface area contributed by atoms with Gasteiger partial charge in [-0.1, -0.05) is 0 Å². The number of hydrogen-bond donors (Lipinski definition) is 0. The predicted molar refractivity (Wildman–Crippen MR) is 88.9 cm³/mol. The van der Waals surface area contributed by atoms with Crippen LogP contribution in [0.5, 0.6) is 0 Å². The van der Waals surface area contributed by atoms with Crippen LogP contribution in [-0.2, 0) is 0 Å². The van der Waals surface area contributed by atoms with Crippen LogP contribution in [0.15, 0.2) is 30.7 Å². The number of likely N-dealkylation sites (tertiary alicyclic amines) is 1. The highest BCUT2D eigenvalue weighted by Crippen LogP contribution is 2.24. The second kappa shape index (κ2) is 5.74. The standard InChI is InChI=1S/C17H20N6O/c1-12-9-13(2)23(20-12)14-5-3-7-21(10-14)16(24)15-11-22-8-4-6-18-17(22)19-15/h4,6,8-9,11,14H,3,5,7,10H2,1-2H3/t14-/m0/s1. The van der Waals surface area contributed by atoms with Crippen molar-refractivity contribution in [1.82, 2.24) is 29.0 Å². The van der Waals surface area contributed by atoms with Crippen LogP contribution in [0.25, 0.3) is 5.78 Å². The monoisotopic (exact) mass is 324 g/mol. The van der Waals surface area contributed by atoms with Crippen molar-refractivity contribution in [3.05, 3.63) is 47.8 Å². The second-order valence-electron chi connectivity index (χ2n) is 6.37. The number of imidazole rings is 1. The fourth-order valence-electron chi connectivity index (χ4n) is 3.45. The molecule has 124 valence electrons. The van der Waals surface area contributed by atoms with Crippen LogP contribution >= 0.6 is 0 Å². The third-order valence-corrected chi connectivity index (χ3v) is 4.53. The third kappa shape index (κ3) is 2.55. The van der Waals surface area contributed by atoms with Crippen LogP contribution in [0.4, 0.5) is 0 Å². The van der Waals surface area contributed by atoms with Crippen LogP contribution in [0.1, 0.15) is 40.8 Å². The number of amides is 1. The quantitative estimate of drug-likeness (QED) is 0.723. The molecule has 1 aliphatic heterocycles. The largest absolute Gasteiger partial charge is 0.335 e. The number of aryl methyl sites for hydroxylation is 2. The van der Waals surface area contributed by atoms with E-state index in [1.54, 1.807) is 16.8 Å². The first-order valence-electron chi connectivity index (χ1n) is 8.23. The van der Waals surface area contributed by atoms with E-state index in [1.807, 2.05) is 24.1 Å². The maximum atomic E-state index is 12.8. The van der Waals surface area contributed by atoms with Crippen LogP contribution in [0.2, 0.25) is 0 Å². The van der Waals surface area contributed by atoms with E-state index in [2.05, 4.69) is 32.7 Å². The van der Waals surface area contributed by atoms with Gasteiger partial charge in [0, 0.05) is 37.4 Å². The van der Waals surface area contributed by atoms with Crippen molar-refractivity contribution in [2.24, 2.45) is 0 Å². The molecular formula is C17H20N6O. The molecule has 1 atom stereocenters. The maximum Gasteiger partial charge on any atom is 0.274 e. The van der Waals surface area contributed by atoms with Crippen molar-refractivity contribution in [3.63, 3.8) is 0 Å². The van der Waals surface area contributed by atoms with E-state index in [4.69, 9.17) is 0 Å². The molecule has 7 heteroatoms. The molecule has 3 aromatic heterocycles. The van der Waals surface area contributed by atoms with Gasteiger partial charge in [-0.25, -0.2) is 9.97 Å². The highest BCUT2D eigenvalue weighted by atomic mass is 16.2. The number of piperidine rings is 1. The Morgan fingerprint density at radius 3 is 2.96 bits per heavy atom. The molecule has 1 saturated heterocycles. The number of carbonyl (C=O) groups is 1. The molecule has 0 aliphatic carbocycles. The predicted octanol–water partition coefficient (Wildman–Crippen LogP) is 2.02. The van der Waals surface area contributed by atoms with E-state index >= 15 is 0 Å². The number of aromatic nitrogens is 5. The summed E-state index contributed by atoms with van der Waals surface area (Å²) in [5.41, 5.74) is 2.61. The van der Waals surface area contributed by atoms with Gasteiger partial charge in [0.05, 0.1) is 11.7 Å². The first-order chi connectivity index (χ1) is 11.6. The third-order valence-electron chi connectivity index (χ3n) is 4.53. The molecule has 1 aliphatic rings. The Morgan fingerprint density at radius 1 is 1.33 bits per heavy atom. The Kier molecular flexibility index (Phi) is 3.55. The van der Waals surface area contributed by atoms with E-state index in [0.29, 0.717) is 18.0 Å². The van der Waals surface area contributed by atoms with E-state index in [9.17, 15) is 4.79 Å². The molecular weight excluding hydrogens is 304 g/mol. The zero-order valence-corrected chi connectivity index (χ0v) is 13.9. The van der Waals surface area contributed by atoms with Gasteiger partial charge >= 0.3 is 0 Å². The van der Waals surface area contributed by atoms with Crippen LogP contribution in [0, 0.1) is 13.8 Å². The summed E-state index contributed by atoms with van der Waals surface area (Å²) in [6.07, 6.45) is 7.29. The smallest absolute Gasteiger partial charge is 0.274 e. The van der Waals surface area contributed by atoms with Gasteiger partial charge in [-0.2, -0.15) is 5.10 Å². The maximum absolute atomic E-state index is 12.8. The van der Waals surface area contributed by atoms with E-state index in [0.717, 1.165) is 30.8 Å². The molecule has 0 spiro atoms. The van der Waals surface area contributed by atoms with Crippen molar-refractivity contribution < 1.29 is 4.79 Å². The van der Waals surface area contributed by atoms with Crippen molar-refractivity contribution in [2.75, 3.05) is 13.1 Å². The van der Waals surface area contributed by atoms with Gasteiger partial charge in [0.2, 0.25) is 5.78 Å². The van der Waals surface area contributed by atoms with Gasteiger partial charge < -0.3 is 4.90 Å². The van der Waals surface area contributed by atoms with E-state index in [-0.39, 0.29) is 11.9 Å². The lowest BCUT2D eigenvalue weighted by molar-refractivity contribution is 0.0666. The molecule has 0 saturated carbocycles. The molecule has 4 rings (SSSR count). The summed E-state index contributed by atoms with van der Waals surface area (Å²) >= 11 is 0. The lowest BCUT2D eigenvalue weighted by Gasteiger charge is -2.33. The molecule has 7 nitrogen and oxygen atoms in total. The summed E-state index contributed by atoms with van der Waals surface area (Å²) in [5.74, 6) is 0.514. The Labute approximate surface area is 139 Å². The summed E-state index contributed by atoms with van der Waals surface area (Å²) < 4.78 is 3.83.